The van der Waals surface area contributed by atoms with Crippen molar-refractivity contribution in [3.63, 3.8) is 0 Å². The molecule has 0 aromatic heterocycles. The minimum Gasteiger partial charge on any atom is -0.467 e. The summed E-state index contributed by atoms with van der Waals surface area (Å²) >= 11 is 0. The van der Waals surface area contributed by atoms with E-state index < -0.39 is 44.9 Å². The summed E-state index contributed by atoms with van der Waals surface area (Å²) in [5.41, 5.74) is -1.09. The Morgan fingerprint density at radius 3 is 2.28 bits per heavy atom. The highest BCUT2D eigenvalue weighted by Gasteiger charge is 2.44. The van der Waals surface area contributed by atoms with E-state index in [1.54, 1.807) is 20.8 Å². The van der Waals surface area contributed by atoms with Crippen LogP contribution in [0.3, 0.4) is 0 Å². The van der Waals surface area contributed by atoms with E-state index in [4.69, 9.17) is 8.92 Å². The molecule has 2 atom stereocenters. The number of nitrogens with zero attached hydrogens (tertiary/aromatic N) is 2. The lowest BCUT2D eigenvalue weighted by molar-refractivity contribution is -0.384. The van der Waals surface area contributed by atoms with Gasteiger partial charge in [-0.15, -0.1) is 0 Å². The van der Waals surface area contributed by atoms with E-state index in [-0.39, 0.29) is 23.5 Å². The van der Waals surface area contributed by atoms with Crippen molar-refractivity contribution in [3.8, 4) is 0 Å². The van der Waals surface area contributed by atoms with Crippen LogP contribution in [0.1, 0.15) is 27.2 Å². The number of carbonyl (C=O) groups is 2. The molecular weight excluding hydrogens is 408 g/mol. The number of amides is 1. The number of hydrogen-bond acceptors (Lipinski definition) is 9. The van der Waals surface area contributed by atoms with Gasteiger partial charge in [-0.3, -0.25) is 19.2 Å². The second-order valence-electron chi connectivity index (χ2n) is 7.33. The molecule has 29 heavy (non-hydrogen) atoms. The molecule has 0 radical (unpaired) electrons. The quantitative estimate of drug-likeness (QED) is 0.296. The topological polar surface area (TPSA) is 142 Å². The van der Waals surface area contributed by atoms with E-state index in [1.807, 2.05) is 0 Å². The second-order valence-corrected chi connectivity index (χ2v) is 8.90. The molecule has 1 aromatic rings. The van der Waals surface area contributed by atoms with E-state index in [0.717, 1.165) is 36.3 Å². The van der Waals surface area contributed by atoms with Crippen LogP contribution in [0.2, 0.25) is 0 Å². The lowest BCUT2D eigenvalue weighted by Gasteiger charge is -2.27. The Balaban J connectivity index is 2.18. The van der Waals surface area contributed by atoms with Gasteiger partial charge in [-0.1, -0.05) is 0 Å². The number of rotatable bonds is 5. The van der Waals surface area contributed by atoms with Crippen LogP contribution in [0.4, 0.5) is 10.5 Å². The van der Waals surface area contributed by atoms with Gasteiger partial charge < -0.3 is 9.47 Å². The van der Waals surface area contributed by atoms with Gasteiger partial charge in [0.25, 0.3) is 15.8 Å². The first kappa shape index (κ1) is 22.6. The first-order valence-electron chi connectivity index (χ1n) is 8.59. The van der Waals surface area contributed by atoms with Crippen molar-refractivity contribution in [2.75, 3.05) is 13.7 Å². The first-order chi connectivity index (χ1) is 13.3. The highest BCUT2D eigenvalue weighted by atomic mass is 32.2. The Hall–Kier alpha value is -2.73. The predicted octanol–water partition coefficient (Wildman–Crippen LogP) is 1.85. The molecule has 0 aliphatic carbocycles. The number of esters is 1. The predicted molar refractivity (Wildman–Crippen MR) is 98.5 cm³/mol. The van der Waals surface area contributed by atoms with Crippen molar-refractivity contribution in [2.45, 2.75) is 49.8 Å². The van der Waals surface area contributed by atoms with Gasteiger partial charge in [-0.05, 0) is 32.9 Å². The highest BCUT2D eigenvalue weighted by Crippen LogP contribution is 2.27. The molecule has 1 amide bonds. The molecule has 1 aliphatic heterocycles. The average Bonchev–Trinajstić information content (AvgIpc) is 3.03. The molecular formula is C17H22N2O9S. The fourth-order valence-corrected chi connectivity index (χ4v) is 3.80. The van der Waals surface area contributed by atoms with Crippen LogP contribution in [0, 0.1) is 10.1 Å². The summed E-state index contributed by atoms with van der Waals surface area (Å²) in [6, 6.07) is 3.11. The van der Waals surface area contributed by atoms with Crippen LogP contribution < -0.4 is 0 Å². The van der Waals surface area contributed by atoms with Crippen LogP contribution in [0.15, 0.2) is 29.2 Å². The van der Waals surface area contributed by atoms with Gasteiger partial charge in [0.15, 0.2) is 0 Å². The Bertz CT molecular complexity index is 890. The molecule has 0 bridgehead atoms. The molecule has 1 saturated heterocycles. The minimum atomic E-state index is -4.28. The van der Waals surface area contributed by atoms with E-state index >= 15 is 0 Å². The first-order valence-corrected chi connectivity index (χ1v) is 10.00. The number of benzene rings is 1. The number of nitro groups is 1. The monoisotopic (exact) mass is 430 g/mol. The fourth-order valence-electron chi connectivity index (χ4n) is 2.72. The fraction of sp³-hybridized carbons (Fsp3) is 0.529. The molecule has 1 heterocycles. The molecule has 0 saturated carbocycles. The molecule has 2 rings (SSSR count). The molecule has 0 N–H and O–H groups in total. The SMILES string of the molecule is COC(=O)[C@H]1C[C@@H](OS(=O)(=O)c2ccc([N+](=O)[O-])cc2)CN1C(=O)OC(C)(C)C. The van der Waals surface area contributed by atoms with E-state index in [0.29, 0.717) is 0 Å². The molecule has 1 aliphatic rings. The number of methoxy groups -OCH3 is 1. The average molecular weight is 430 g/mol. The molecule has 0 unspecified atom stereocenters. The summed E-state index contributed by atoms with van der Waals surface area (Å²) < 4.78 is 40.1. The summed E-state index contributed by atoms with van der Waals surface area (Å²) in [5, 5.41) is 10.7. The third-order valence-electron chi connectivity index (χ3n) is 3.96. The lowest BCUT2D eigenvalue weighted by atomic mass is 10.2. The largest absolute Gasteiger partial charge is 0.467 e. The Labute approximate surface area is 167 Å². The number of carbonyl (C=O) groups excluding carboxylic acids is 2. The van der Waals surface area contributed by atoms with Crippen LogP contribution in [0.5, 0.6) is 0 Å². The summed E-state index contributed by atoms with van der Waals surface area (Å²) in [6.07, 6.45) is -1.93. The van der Waals surface area contributed by atoms with Gasteiger partial charge >= 0.3 is 12.1 Å². The van der Waals surface area contributed by atoms with Gasteiger partial charge in [0.1, 0.15) is 11.6 Å². The molecule has 160 valence electrons. The normalized spacial score (nSPS) is 19.7. The van der Waals surface area contributed by atoms with Gasteiger partial charge in [0, 0.05) is 18.6 Å². The second kappa shape index (κ2) is 8.33. The molecule has 0 spiro atoms. The zero-order valence-corrected chi connectivity index (χ0v) is 17.2. The third-order valence-corrected chi connectivity index (χ3v) is 5.34. The van der Waals surface area contributed by atoms with Crippen molar-refractivity contribution >= 4 is 27.9 Å². The van der Waals surface area contributed by atoms with E-state index in [9.17, 15) is 28.1 Å². The van der Waals surface area contributed by atoms with Gasteiger partial charge in [-0.25, -0.2) is 9.59 Å². The zero-order chi connectivity index (χ0) is 22.0. The Morgan fingerprint density at radius 2 is 1.79 bits per heavy atom. The maximum Gasteiger partial charge on any atom is 0.411 e. The van der Waals surface area contributed by atoms with E-state index in [2.05, 4.69) is 4.74 Å². The van der Waals surface area contributed by atoms with Crippen LogP contribution >= 0.6 is 0 Å². The standard InChI is InChI=1S/C17H22N2O9S/c1-17(2,3)27-16(21)18-10-12(9-14(18)15(20)26-4)28-29(24,25)13-7-5-11(6-8-13)19(22)23/h5-8,12,14H,9-10H2,1-4H3/t12-,14-/m1/s1. The number of ether oxygens (including phenoxy) is 2. The van der Waals surface area contributed by atoms with Crippen LogP contribution in [-0.4, -0.2) is 61.7 Å². The van der Waals surface area contributed by atoms with Crippen LogP contribution in [0.25, 0.3) is 0 Å². The smallest absolute Gasteiger partial charge is 0.411 e. The lowest BCUT2D eigenvalue weighted by Crippen LogP contribution is -2.44. The number of nitro benzene ring substituents is 1. The Morgan fingerprint density at radius 1 is 1.21 bits per heavy atom. The summed E-state index contributed by atoms with van der Waals surface area (Å²) in [6.45, 7) is 4.75. The van der Waals surface area contributed by atoms with Crippen molar-refractivity contribution < 1.29 is 36.6 Å². The highest BCUT2D eigenvalue weighted by molar-refractivity contribution is 7.86. The zero-order valence-electron chi connectivity index (χ0n) is 16.4. The van der Waals surface area contributed by atoms with Crippen molar-refractivity contribution in [1.82, 2.24) is 4.90 Å². The molecule has 12 heteroatoms. The number of likely N-dealkylation sites (tertiary alicyclic amines) is 1. The third kappa shape index (κ3) is 5.64. The Kier molecular flexibility index (Phi) is 6.48. The minimum absolute atomic E-state index is 0.113. The number of non-ortho nitro benzene ring substituents is 1. The molecule has 1 aromatic carbocycles. The van der Waals surface area contributed by atoms with Crippen LogP contribution in [-0.2, 0) is 28.6 Å². The summed E-state index contributed by atoms with van der Waals surface area (Å²) in [4.78, 5) is 35.3. The summed E-state index contributed by atoms with van der Waals surface area (Å²) in [5.74, 6) is -0.727. The number of hydrogen-bond donors (Lipinski definition) is 0. The maximum atomic E-state index is 12.5. The van der Waals surface area contributed by atoms with Gasteiger partial charge in [-0.2, -0.15) is 8.42 Å². The summed E-state index contributed by atoms with van der Waals surface area (Å²) in [7, 11) is -3.13. The van der Waals surface area contributed by atoms with Gasteiger partial charge in [0.2, 0.25) is 0 Å². The van der Waals surface area contributed by atoms with Gasteiger partial charge in [0.05, 0.1) is 29.6 Å². The van der Waals surface area contributed by atoms with Crippen molar-refractivity contribution in [1.29, 1.82) is 0 Å². The van der Waals surface area contributed by atoms with Crippen molar-refractivity contribution in [3.05, 3.63) is 34.4 Å². The van der Waals surface area contributed by atoms with E-state index in [1.165, 1.54) is 0 Å². The molecule has 1 fully saturated rings. The molecule has 11 nitrogen and oxygen atoms in total. The van der Waals surface area contributed by atoms with Crippen molar-refractivity contribution in [2.24, 2.45) is 0 Å². The maximum absolute atomic E-state index is 12.5.